The fraction of sp³-hybridized carbons (Fsp3) is 0.370. The predicted molar refractivity (Wildman–Crippen MR) is 149 cm³/mol. The Hall–Kier alpha value is -4.10. The summed E-state index contributed by atoms with van der Waals surface area (Å²) in [5.74, 6) is -4.79. The molecule has 0 saturated heterocycles. The van der Waals surface area contributed by atoms with Gasteiger partial charge in [0, 0.05) is 6.42 Å². The van der Waals surface area contributed by atoms with Crippen molar-refractivity contribution in [2.75, 3.05) is 12.0 Å². The van der Waals surface area contributed by atoms with Gasteiger partial charge in [-0.15, -0.1) is 0 Å². The number of aromatic hydroxyl groups is 1. The van der Waals surface area contributed by atoms with E-state index in [9.17, 15) is 39.3 Å². The van der Waals surface area contributed by atoms with Gasteiger partial charge in [-0.3, -0.25) is 19.2 Å². The van der Waals surface area contributed by atoms with Gasteiger partial charge in [-0.1, -0.05) is 42.5 Å². The highest BCUT2D eigenvalue weighted by molar-refractivity contribution is 7.98. The zero-order chi connectivity index (χ0) is 29.7. The van der Waals surface area contributed by atoms with Crippen molar-refractivity contribution in [2.45, 2.75) is 49.9 Å². The third kappa shape index (κ3) is 10.9. The van der Waals surface area contributed by atoms with Gasteiger partial charge in [0.25, 0.3) is 0 Å². The first-order chi connectivity index (χ1) is 19.0. The van der Waals surface area contributed by atoms with E-state index in [4.69, 9.17) is 5.73 Å². The van der Waals surface area contributed by atoms with E-state index in [1.165, 1.54) is 36.0 Å². The molecule has 12 nitrogen and oxygen atoms in total. The highest BCUT2D eigenvalue weighted by atomic mass is 32.2. The topological polar surface area (TPSA) is 208 Å². The number of aliphatic carboxylic acids is 2. The number of carboxylic acid groups (broad SMARTS) is 2. The van der Waals surface area contributed by atoms with Crippen molar-refractivity contribution in [3.05, 3.63) is 65.7 Å². The Balaban J connectivity index is 2.23. The van der Waals surface area contributed by atoms with Gasteiger partial charge in [-0.2, -0.15) is 11.8 Å². The molecule has 0 bridgehead atoms. The molecule has 40 heavy (non-hydrogen) atoms. The quantitative estimate of drug-likeness (QED) is 0.146. The monoisotopic (exact) mass is 574 g/mol. The van der Waals surface area contributed by atoms with Crippen LogP contribution in [0.3, 0.4) is 0 Å². The zero-order valence-corrected chi connectivity index (χ0v) is 22.7. The molecule has 0 saturated carbocycles. The maximum absolute atomic E-state index is 13.3. The fourth-order valence-electron chi connectivity index (χ4n) is 3.74. The van der Waals surface area contributed by atoms with E-state index in [1.807, 2.05) is 6.07 Å². The minimum Gasteiger partial charge on any atom is -0.508 e. The molecule has 3 amide bonds. The molecule has 0 spiro atoms. The summed E-state index contributed by atoms with van der Waals surface area (Å²) in [4.78, 5) is 62.1. The van der Waals surface area contributed by atoms with Gasteiger partial charge in [0.05, 0.1) is 12.5 Å². The Kier molecular flexibility index (Phi) is 12.9. The number of hydrogen-bond acceptors (Lipinski definition) is 8. The van der Waals surface area contributed by atoms with E-state index in [2.05, 4.69) is 16.0 Å². The minimum absolute atomic E-state index is 0.00804. The van der Waals surface area contributed by atoms with E-state index in [1.54, 1.807) is 30.5 Å². The second kappa shape index (κ2) is 16.1. The van der Waals surface area contributed by atoms with Crippen molar-refractivity contribution in [1.29, 1.82) is 0 Å². The van der Waals surface area contributed by atoms with Crippen LogP contribution in [0.2, 0.25) is 0 Å². The van der Waals surface area contributed by atoms with E-state index in [-0.39, 0.29) is 25.0 Å². The first kappa shape index (κ1) is 32.1. The van der Waals surface area contributed by atoms with Crippen LogP contribution in [0.15, 0.2) is 54.6 Å². The summed E-state index contributed by atoms with van der Waals surface area (Å²) in [6.07, 6.45) is 1.16. The second-order valence-corrected chi connectivity index (χ2v) is 10.1. The molecule has 8 N–H and O–H groups in total. The first-order valence-electron chi connectivity index (χ1n) is 12.4. The van der Waals surface area contributed by atoms with Gasteiger partial charge in [0.2, 0.25) is 17.7 Å². The normalized spacial score (nSPS) is 13.8. The van der Waals surface area contributed by atoms with E-state index < -0.39 is 60.2 Å². The maximum atomic E-state index is 13.3. The van der Waals surface area contributed by atoms with Crippen LogP contribution in [-0.2, 0) is 36.8 Å². The standard InChI is InChI=1S/C27H34N4O8S/c1-40-12-11-20(27(38)39)29-26(37)22(15-23(33)34)31-25(36)21(14-17-7-9-18(32)10-8-17)30-24(35)19(28)13-16-5-3-2-4-6-16/h2-10,19-22,32H,11-15,28H2,1H3,(H,29,37)(H,30,35)(H,31,36)(H,33,34)(H,38,39). The smallest absolute Gasteiger partial charge is 0.326 e. The number of rotatable bonds is 16. The van der Waals surface area contributed by atoms with Gasteiger partial charge in [0.15, 0.2) is 0 Å². The number of carbonyl (C=O) groups is 5. The van der Waals surface area contributed by atoms with Gasteiger partial charge in [-0.25, -0.2) is 4.79 Å². The number of amides is 3. The lowest BCUT2D eigenvalue weighted by Crippen LogP contribution is -2.58. The van der Waals surface area contributed by atoms with Crippen molar-refractivity contribution in [3.8, 4) is 5.75 Å². The highest BCUT2D eigenvalue weighted by Gasteiger charge is 2.31. The number of hydrogen-bond donors (Lipinski definition) is 7. The van der Waals surface area contributed by atoms with E-state index in [0.717, 1.165) is 5.56 Å². The van der Waals surface area contributed by atoms with E-state index in [0.29, 0.717) is 11.3 Å². The number of phenolic OH excluding ortho intramolecular Hbond substituents is 1. The van der Waals surface area contributed by atoms with Crippen molar-refractivity contribution < 1.29 is 39.3 Å². The zero-order valence-electron chi connectivity index (χ0n) is 21.9. The van der Waals surface area contributed by atoms with Gasteiger partial charge in [-0.05, 0) is 48.1 Å². The van der Waals surface area contributed by atoms with E-state index >= 15 is 0 Å². The number of phenols is 1. The molecule has 216 valence electrons. The lowest BCUT2D eigenvalue weighted by Gasteiger charge is -2.25. The molecule has 2 aromatic carbocycles. The Bertz CT molecular complexity index is 1160. The fourth-order valence-corrected chi connectivity index (χ4v) is 4.21. The second-order valence-electron chi connectivity index (χ2n) is 9.07. The number of carbonyl (C=O) groups excluding carboxylic acids is 3. The Labute approximate surface area is 235 Å². The summed E-state index contributed by atoms with van der Waals surface area (Å²) >= 11 is 1.37. The number of thioether (sulfide) groups is 1. The number of carboxylic acids is 2. The number of nitrogens with one attached hydrogen (secondary N) is 3. The van der Waals surface area contributed by atoms with Crippen LogP contribution in [0.5, 0.6) is 5.75 Å². The highest BCUT2D eigenvalue weighted by Crippen LogP contribution is 2.12. The molecule has 0 heterocycles. The third-order valence-corrected chi connectivity index (χ3v) is 6.53. The predicted octanol–water partition coefficient (Wildman–Crippen LogP) is 0.272. The summed E-state index contributed by atoms with van der Waals surface area (Å²) in [5.41, 5.74) is 7.43. The van der Waals surface area contributed by atoms with Gasteiger partial charge in [0.1, 0.15) is 23.9 Å². The molecule has 2 rings (SSSR count). The lowest BCUT2D eigenvalue weighted by atomic mass is 10.0. The molecule has 0 aromatic heterocycles. The van der Waals surface area contributed by atoms with Gasteiger partial charge >= 0.3 is 11.9 Å². The molecule has 4 unspecified atom stereocenters. The van der Waals surface area contributed by atoms with Crippen LogP contribution in [0.25, 0.3) is 0 Å². The van der Waals surface area contributed by atoms with Crippen LogP contribution >= 0.6 is 11.8 Å². The van der Waals surface area contributed by atoms with Crippen molar-refractivity contribution in [1.82, 2.24) is 16.0 Å². The van der Waals surface area contributed by atoms with Crippen LogP contribution < -0.4 is 21.7 Å². The average Bonchev–Trinajstić information content (AvgIpc) is 2.91. The SMILES string of the molecule is CSCCC(NC(=O)C(CC(=O)O)NC(=O)C(Cc1ccc(O)cc1)NC(=O)C(N)Cc1ccccc1)C(=O)O. The van der Waals surface area contributed by atoms with Crippen molar-refractivity contribution >= 4 is 41.4 Å². The number of nitrogens with two attached hydrogens (primary N) is 1. The average molecular weight is 575 g/mol. The Morgan fingerprint density at radius 3 is 1.90 bits per heavy atom. The molecule has 13 heteroatoms. The van der Waals surface area contributed by atoms with Crippen molar-refractivity contribution in [3.63, 3.8) is 0 Å². The first-order valence-corrected chi connectivity index (χ1v) is 13.8. The molecule has 2 aromatic rings. The molecule has 4 atom stereocenters. The van der Waals surface area contributed by atoms with Crippen molar-refractivity contribution in [2.24, 2.45) is 5.73 Å². The molecule has 0 radical (unpaired) electrons. The van der Waals surface area contributed by atoms with Crippen LogP contribution in [0, 0.1) is 0 Å². The number of benzene rings is 2. The largest absolute Gasteiger partial charge is 0.508 e. The molecule has 0 fully saturated rings. The maximum Gasteiger partial charge on any atom is 0.326 e. The van der Waals surface area contributed by atoms with Crippen LogP contribution in [0.1, 0.15) is 24.0 Å². The third-order valence-electron chi connectivity index (χ3n) is 5.88. The molecular weight excluding hydrogens is 540 g/mol. The summed E-state index contributed by atoms with van der Waals surface area (Å²) in [7, 11) is 0. The summed E-state index contributed by atoms with van der Waals surface area (Å²) in [6, 6.07) is 9.70. The molecule has 0 aliphatic heterocycles. The lowest BCUT2D eigenvalue weighted by molar-refractivity contribution is -0.143. The van der Waals surface area contributed by atoms with Gasteiger partial charge < -0.3 is 37.0 Å². The molecule has 0 aliphatic rings. The summed E-state index contributed by atoms with van der Waals surface area (Å²) < 4.78 is 0. The molecule has 0 aliphatic carbocycles. The Morgan fingerprint density at radius 2 is 1.32 bits per heavy atom. The summed E-state index contributed by atoms with van der Waals surface area (Å²) in [6.45, 7) is 0. The molecular formula is C27H34N4O8S. The minimum atomic E-state index is -1.61. The van der Waals surface area contributed by atoms with Crippen LogP contribution in [-0.4, -0.2) is 81.2 Å². The summed E-state index contributed by atoms with van der Waals surface area (Å²) in [5, 5.41) is 35.5. The Morgan fingerprint density at radius 1 is 0.775 bits per heavy atom. The van der Waals surface area contributed by atoms with Crippen LogP contribution in [0.4, 0.5) is 0 Å².